The summed E-state index contributed by atoms with van der Waals surface area (Å²) in [5.74, 6) is 2.38. The van der Waals surface area contributed by atoms with Crippen LogP contribution in [-0.2, 0) is 0 Å². The average Bonchev–Trinajstić information content (AvgIpc) is 3.10. The van der Waals surface area contributed by atoms with E-state index in [9.17, 15) is 4.79 Å². The second-order valence-corrected chi connectivity index (χ2v) is 5.35. The zero-order valence-corrected chi connectivity index (χ0v) is 13.2. The first-order chi connectivity index (χ1) is 12.3. The molecular formula is C20H14O5. The first-order valence-corrected chi connectivity index (χ1v) is 7.73. The summed E-state index contributed by atoms with van der Waals surface area (Å²) in [6.07, 6.45) is 0. The summed E-state index contributed by atoms with van der Waals surface area (Å²) in [4.78, 5) is 12.4. The molecule has 5 heteroatoms. The van der Waals surface area contributed by atoms with Crippen molar-refractivity contribution in [2.45, 2.75) is 0 Å². The van der Waals surface area contributed by atoms with E-state index in [4.69, 9.17) is 18.9 Å². The molecule has 1 heterocycles. The number of esters is 1. The molecule has 0 bridgehead atoms. The number of para-hydroxylation sites is 1. The number of hydrogen-bond acceptors (Lipinski definition) is 5. The maximum absolute atomic E-state index is 12.4. The van der Waals surface area contributed by atoms with Crippen molar-refractivity contribution in [2.75, 3.05) is 6.79 Å². The number of ether oxygens (including phenoxy) is 4. The van der Waals surface area contributed by atoms with Crippen LogP contribution < -0.4 is 18.9 Å². The van der Waals surface area contributed by atoms with Gasteiger partial charge in [-0.15, -0.1) is 0 Å². The van der Waals surface area contributed by atoms with Gasteiger partial charge in [0.1, 0.15) is 17.2 Å². The monoisotopic (exact) mass is 334 g/mol. The van der Waals surface area contributed by atoms with Gasteiger partial charge in [-0.3, -0.25) is 0 Å². The Hall–Kier alpha value is -3.47. The highest BCUT2D eigenvalue weighted by molar-refractivity contribution is 5.91. The van der Waals surface area contributed by atoms with Crippen LogP contribution in [0.1, 0.15) is 10.4 Å². The predicted molar refractivity (Wildman–Crippen MR) is 90.5 cm³/mol. The summed E-state index contributed by atoms with van der Waals surface area (Å²) in [6, 6.07) is 21.2. The van der Waals surface area contributed by atoms with Crippen molar-refractivity contribution in [3.63, 3.8) is 0 Å². The minimum atomic E-state index is -0.475. The van der Waals surface area contributed by atoms with Gasteiger partial charge < -0.3 is 18.9 Å². The molecule has 1 aliphatic rings. The van der Waals surface area contributed by atoms with Crippen LogP contribution in [-0.4, -0.2) is 12.8 Å². The molecule has 0 unspecified atom stereocenters. The van der Waals surface area contributed by atoms with Crippen molar-refractivity contribution >= 4 is 5.97 Å². The molecule has 0 radical (unpaired) electrons. The van der Waals surface area contributed by atoms with Gasteiger partial charge in [-0.2, -0.15) is 0 Å². The standard InChI is InChI=1S/C20H14O5/c21-20(25-17-9-10-18-19(12-17)23-13-22-18)14-5-4-8-16(11-14)24-15-6-2-1-3-7-15/h1-12H,13H2. The lowest BCUT2D eigenvalue weighted by Gasteiger charge is -2.08. The number of rotatable bonds is 4. The molecule has 0 fully saturated rings. The zero-order chi connectivity index (χ0) is 17.1. The molecule has 0 amide bonds. The van der Waals surface area contributed by atoms with E-state index in [2.05, 4.69) is 0 Å². The second kappa shape index (κ2) is 6.57. The molecule has 25 heavy (non-hydrogen) atoms. The third-order valence-corrected chi connectivity index (χ3v) is 3.60. The van der Waals surface area contributed by atoms with Gasteiger partial charge in [0, 0.05) is 6.07 Å². The lowest BCUT2D eigenvalue weighted by Crippen LogP contribution is -2.08. The number of hydrogen-bond donors (Lipinski definition) is 0. The van der Waals surface area contributed by atoms with Crippen LogP contribution in [0.2, 0.25) is 0 Å². The van der Waals surface area contributed by atoms with E-state index in [1.165, 1.54) is 0 Å². The number of fused-ring (bicyclic) bond motifs is 1. The van der Waals surface area contributed by atoms with E-state index in [0.29, 0.717) is 34.3 Å². The van der Waals surface area contributed by atoms with Gasteiger partial charge in [0.05, 0.1) is 5.56 Å². The number of benzene rings is 3. The van der Waals surface area contributed by atoms with Crippen LogP contribution in [0.5, 0.6) is 28.7 Å². The number of carbonyl (C=O) groups is 1. The van der Waals surface area contributed by atoms with Gasteiger partial charge >= 0.3 is 5.97 Å². The summed E-state index contributed by atoms with van der Waals surface area (Å²) >= 11 is 0. The van der Waals surface area contributed by atoms with E-state index >= 15 is 0 Å². The molecule has 0 saturated carbocycles. The van der Waals surface area contributed by atoms with Crippen molar-refractivity contribution in [3.8, 4) is 28.7 Å². The average molecular weight is 334 g/mol. The first-order valence-electron chi connectivity index (χ1n) is 7.73. The highest BCUT2D eigenvalue weighted by Gasteiger charge is 2.16. The predicted octanol–water partition coefficient (Wildman–Crippen LogP) is 4.43. The fourth-order valence-electron chi connectivity index (χ4n) is 2.42. The molecule has 0 N–H and O–H groups in total. The normalized spacial score (nSPS) is 11.8. The third kappa shape index (κ3) is 3.40. The van der Waals surface area contributed by atoms with Crippen LogP contribution in [0.3, 0.4) is 0 Å². The molecule has 124 valence electrons. The van der Waals surface area contributed by atoms with E-state index in [0.717, 1.165) is 0 Å². The van der Waals surface area contributed by atoms with Crippen LogP contribution in [0.25, 0.3) is 0 Å². The van der Waals surface area contributed by atoms with E-state index in [1.807, 2.05) is 30.3 Å². The van der Waals surface area contributed by atoms with Crippen LogP contribution in [0.4, 0.5) is 0 Å². The zero-order valence-electron chi connectivity index (χ0n) is 13.2. The molecule has 0 spiro atoms. The third-order valence-electron chi connectivity index (χ3n) is 3.60. The van der Waals surface area contributed by atoms with Crippen molar-refractivity contribution in [1.82, 2.24) is 0 Å². The lowest BCUT2D eigenvalue weighted by molar-refractivity contribution is 0.0734. The Balaban J connectivity index is 1.49. The Morgan fingerprint density at radius 3 is 2.44 bits per heavy atom. The van der Waals surface area contributed by atoms with Crippen LogP contribution in [0.15, 0.2) is 72.8 Å². The number of carbonyl (C=O) groups excluding carboxylic acids is 1. The van der Waals surface area contributed by atoms with Gasteiger partial charge in [0.15, 0.2) is 11.5 Å². The molecule has 3 aromatic rings. The van der Waals surface area contributed by atoms with Crippen molar-refractivity contribution in [1.29, 1.82) is 0 Å². The van der Waals surface area contributed by atoms with E-state index < -0.39 is 5.97 Å². The second-order valence-electron chi connectivity index (χ2n) is 5.35. The van der Waals surface area contributed by atoms with Gasteiger partial charge in [-0.25, -0.2) is 4.79 Å². The quantitative estimate of drug-likeness (QED) is 0.522. The molecule has 0 aromatic heterocycles. The largest absolute Gasteiger partial charge is 0.457 e. The molecule has 3 aromatic carbocycles. The topological polar surface area (TPSA) is 54.0 Å². The SMILES string of the molecule is O=C(Oc1ccc2c(c1)OCO2)c1cccc(Oc2ccccc2)c1. The van der Waals surface area contributed by atoms with Gasteiger partial charge in [0.25, 0.3) is 0 Å². The minimum Gasteiger partial charge on any atom is -0.457 e. The Labute approximate surface area is 144 Å². The maximum Gasteiger partial charge on any atom is 0.343 e. The fraction of sp³-hybridized carbons (Fsp3) is 0.0500. The Morgan fingerprint density at radius 2 is 1.56 bits per heavy atom. The van der Waals surface area contributed by atoms with Gasteiger partial charge in [0.2, 0.25) is 6.79 Å². The molecule has 1 aliphatic heterocycles. The molecule has 0 aliphatic carbocycles. The Bertz CT molecular complexity index is 905. The first kappa shape index (κ1) is 15.1. The van der Waals surface area contributed by atoms with Gasteiger partial charge in [-0.1, -0.05) is 24.3 Å². The highest BCUT2D eigenvalue weighted by Crippen LogP contribution is 2.35. The van der Waals surface area contributed by atoms with Crippen LogP contribution in [0, 0.1) is 0 Å². The van der Waals surface area contributed by atoms with Crippen LogP contribution >= 0.6 is 0 Å². The summed E-state index contributed by atoms with van der Waals surface area (Å²) in [5.41, 5.74) is 0.395. The lowest BCUT2D eigenvalue weighted by atomic mass is 10.2. The van der Waals surface area contributed by atoms with E-state index in [-0.39, 0.29) is 6.79 Å². The van der Waals surface area contributed by atoms with Gasteiger partial charge in [-0.05, 0) is 42.5 Å². The molecule has 0 atom stereocenters. The molecule has 0 saturated heterocycles. The maximum atomic E-state index is 12.4. The van der Waals surface area contributed by atoms with Crippen molar-refractivity contribution in [2.24, 2.45) is 0 Å². The highest BCUT2D eigenvalue weighted by atomic mass is 16.7. The summed E-state index contributed by atoms with van der Waals surface area (Å²) in [5, 5.41) is 0. The smallest absolute Gasteiger partial charge is 0.343 e. The van der Waals surface area contributed by atoms with E-state index in [1.54, 1.807) is 42.5 Å². The Kier molecular flexibility index (Phi) is 3.96. The van der Waals surface area contributed by atoms with Crippen molar-refractivity contribution in [3.05, 3.63) is 78.4 Å². The Morgan fingerprint density at radius 1 is 0.760 bits per heavy atom. The summed E-state index contributed by atoms with van der Waals surface area (Å²) < 4.78 is 21.7. The molecule has 5 nitrogen and oxygen atoms in total. The molecule has 4 rings (SSSR count). The summed E-state index contributed by atoms with van der Waals surface area (Å²) in [6.45, 7) is 0.172. The van der Waals surface area contributed by atoms with Crippen molar-refractivity contribution < 1.29 is 23.7 Å². The molecular weight excluding hydrogens is 320 g/mol. The fourth-order valence-corrected chi connectivity index (χ4v) is 2.42. The summed E-state index contributed by atoms with van der Waals surface area (Å²) in [7, 11) is 0. The minimum absolute atomic E-state index is 0.172.